The molecule has 82 valence electrons. The molecule has 0 amide bonds. The lowest BCUT2D eigenvalue weighted by molar-refractivity contribution is 0.628. The van der Waals surface area contributed by atoms with Gasteiger partial charge in [0.2, 0.25) is 11.9 Å². The highest BCUT2D eigenvalue weighted by Crippen LogP contribution is 2.20. The Labute approximate surface area is 91.4 Å². The van der Waals surface area contributed by atoms with Gasteiger partial charge in [-0.25, -0.2) is 4.39 Å². The van der Waals surface area contributed by atoms with Crippen molar-refractivity contribution < 1.29 is 4.39 Å². The minimum atomic E-state index is -0.412. The van der Waals surface area contributed by atoms with Crippen molar-refractivity contribution >= 4 is 11.9 Å². The molecular weight excluding hydrogens is 209 g/mol. The number of aromatic nitrogens is 3. The van der Waals surface area contributed by atoms with E-state index >= 15 is 0 Å². The van der Waals surface area contributed by atoms with Gasteiger partial charge in [-0.15, -0.1) is 0 Å². The van der Waals surface area contributed by atoms with Crippen molar-refractivity contribution in [1.82, 2.24) is 15.0 Å². The summed E-state index contributed by atoms with van der Waals surface area (Å²) in [4.78, 5) is 11.3. The lowest BCUT2D eigenvalue weighted by Gasteiger charge is -2.04. The third kappa shape index (κ3) is 1.90. The number of nitrogens with zero attached hydrogens (tertiary/aromatic N) is 3. The van der Waals surface area contributed by atoms with Crippen molar-refractivity contribution in [2.45, 2.75) is 6.92 Å². The van der Waals surface area contributed by atoms with Gasteiger partial charge in [0.05, 0.1) is 5.56 Å². The van der Waals surface area contributed by atoms with Crippen molar-refractivity contribution in [3.63, 3.8) is 0 Å². The zero-order valence-electron chi connectivity index (χ0n) is 8.61. The van der Waals surface area contributed by atoms with Gasteiger partial charge in [0.15, 0.2) is 5.82 Å². The molecule has 1 aromatic carbocycles. The molecule has 0 fully saturated rings. The summed E-state index contributed by atoms with van der Waals surface area (Å²) >= 11 is 0. The van der Waals surface area contributed by atoms with E-state index in [1.807, 2.05) is 0 Å². The minimum Gasteiger partial charge on any atom is -0.368 e. The van der Waals surface area contributed by atoms with Crippen molar-refractivity contribution in [2.75, 3.05) is 11.5 Å². The summed E-state index contributed by atoms with van der Waals surface area (Å²) in [6.07, 6.45) is 0. The Kier molecular flexibility index (Phi) is 2.40. The van der Waals surface area contributed by atoms with Crippen molar-refractivity contribution in [1.29, 1.82) is 0 Å². The SMILES string of the molecule is Cc1ccc(-c2nc(N)nc(N)n2)c(F)c1. The summed E-state index contributed by atoms with van der Waals surface area (Å²) in [5, 5.41) is 0. The molecule has 0 saturated heterocycles. The summed E-state index contributed by atoms with van der Waals surface area (Å²) in [6, 6.07) is 4.74. The fourth-order valence-electron chi connectivity index (χ4n) is 1.33. The summed E-state index contributed by atoms with van der Waals surface area (Å²) in [6.45, 7) is 1.79. The third-order valence-electron chi connectivity index (χ3n) is 2.04. The number of nitrogens with two attached hydrogens (primary N) is 2. The van der Waals surface area contributed by atoms with Gasteiger partial charge in [-0.3, -0.25) is 0 Å². The molecule has 0 aliphatic carbocycles. The van der Waals surface area contributed by atoms with Crippen LogP contribution in [-0.2, 0) is 0 Å². The maximum Gasteiger partial charge on any atom is 0.225 e. The molecule has 1 aromatic heterocycles. The Bertz CT molecular complexity index is 520. The molecule has 0 radical (unpaired) electrons. The normalized spacial score (nSPS) is 10.4. The van der Waals surface area contributed by atoms with Gasteiger partial charge >= 0.3 is 0 Å². The first-order valence-electron chi connectivity index (χ1n) is 4.60. The fraction of sp³-hybridized carbons (Fsp3) is 0.100. The average molecular weight is 219 g/mol. The Balaban J connectivity index is 2.58. The van der Waals surface area contributed by atoms with Gasteiger partial charge in [0, 0.05) is 0 Å². The van der Waals surface area contributed by atoms with Gasteiger partial charge < -0.3 is 11.5 Å². The lowest BCUT2D eigenvalue weighted by Crippen LogP contribution is -2.05. The molecule has 6 heteroatoms. The Morgan fingerprint density at radius 2 is 1.69 bits per heavy atom. The van der Waals surface area contributed by atoms with Crippen LogP contribution in [0.4, 0.5) is 16.3 Å². The molecule has 1 heterocycles. The van der Waals surface area contributed by atoms with E-state index in [1.54, 1.807) is 19.1 Å². The highest BCUT2D eigenvalue weighted by atomic mass is 19.1. The second-order valence-electron chi connectivity index (χ2n) is 3.36. The number of hydrogen-bond donors (Lipinski definition) is 2. The van der Waals surface area contributed by atoms with Crippen LogP contribution in [0, 0.1) is 12.7 Å². The number of nitrogen functional groups attached to an aromatic ring is 2. The van der Waals surface area contributed by atoms with Crippen LogP contribution in [0.15, 0.2) is 18.2 Å². The van der Waals surface area contributed by atoms with Gasteiger partial charge in [0.1, 0.15) is 5.82 Å². The number of hydrogen-bond acceptors (Lipinski definition) is 5. The van der Waals surface area contributed by atoms with E-state index in [0.29, 0.717) is 0 Å². The van der Waals surface area contributed by atoms with E-state index in [-0.39, 0.29) is 23.3 Å². The van der Waals surface area contributed by atoms with Crippen molar-refractivity contribution in [2.24, 2.45) is 0 Å². The monoisotopic (exact) mass is 219 g/mol. The summed E-state index contributed by atoms with van der Waals surface area (Å²) < 4.78 is 13.6. The number of halogens is 1. The second-order valence-corrected chi connectivity index (χ2v) is 3.36. The number of benzene rings is 1. The quantitative estimate of drug-likeness (QED) is 0.750. The maximum absolute atomic E-state index is 13.6. The van der Waals surface area contributed by atoms with Crippen LogP contribution < -0.4 is 11.5 Å². The molecule has 4 N–H and O–H groups in total. The zero-order chi connectivity index (χ0) is 11.7. The van der Waals surface area contributed by atoms with Gasteiger partial charge in [-0.05, 0) is 24.6 Å². The zero-order valence-corrected chi connectivity index (χ0v) is 8.61. The lowest BCUT2D eigenvalue weighted by atomic mass is 10.1. The predicted molar refractivity (Wildman–Crippen MR) is 58.8 cm³/mol. The van der Waals surface area contributed by atoms with Crippen LogP contribution in [0.2, 0.25) is 0 Å². The highest BCUT2D eigenvalue weighted by Gasteiger charge is 2.10. The van der Waals surface area contributed by atoms with Crippen LogP contribution >= 0.6 is 0 Å². The van der Waals surface area contributed by atoms with Crippen molar-refractivity contribution in [3.8, 4) is 11.4 Å². The Morgan fingerprint density at radius 3 is 2.25 bits per heavy atom. The molecule has 0 atom stereocenters. The molecular formula is C10H10FN5. The van der Waals surface area contributed by atoms with Gasteiger partial charge in [0.25, 0.3) is 0 Å². The maximum atomic E-state index is 13.6. The predicted octanol–water partition coefficient (Wildman–Crippen LogP) is 1.15. The van der Waals surface area contributed by atoms with E-state index in [4.69, 9.17) is 11.5 Å². The topological polar surface area (TPSA) is 90.7 Å². The molecule has 2 rings (SSSR count). The molecule has 2 aromatic rings. The number of anilines is 2. The van der Waals surface area contributed by atoms with Crippen LogP contribution in [-0.4, -0.2) is 15.0 Å². The van der Waals surface area contributed by atoms with Crippen LogP contribution in [0.5, 0.6) is 0 Å². The van der Waals surface area contributed by atoms with Gasteiger partial charge in [-0.2, -0.15) is 15.0 Å². The van der Waals surface area contributed by atoms with Gasteiger partial charge in [-0.1, -0.05) is 6.07 Å². The Morgan fingerprint density at radius 1 is 1.06 bits per heavy atom. The van der Waals surface area contributed by atoms with Crippen LogP contribution in [0.1, 0.15) is 5.56 Å². The molecule has 0 spiro atoms. The van der Waals surface area contributed by atoms with E-state index in [9.17, 15) is 4.39 Å². The first kappa shape index (κ1) is 10.3. The highest BCUT2D eigenvalue weighted by molar-refractivity contribution is 5.58. The largest absolute Gasteiger partial charge is 0.368 e. The third-order valence-corrected chi connectivity index (χ3v) is 2.04. The fourth-order valence-corrected chi connectivity index (χ4v) is 1.33. The van der Waals surface area contributed by atoms with E-state index in [1.165, 1.54) is 6.07 Å². The minimum absolute atomic E-state index is 0.0255. The molecule has 0 unspecified atom stereocenters. The van der Waals surface area contributed by atoms with Crippen molar-refractivity contribution in [3.05, 3.63) is 29.6 Å². The molecule has 5 nitrogen and oxygen atoms in total. The summed E-state index contributed by atoms with van der Waals surface area (Å²) in [7, 11) is 0. The second kappa shape index (κ2) is 3.73. The molecule has 0 saturated carbocycles. The summed E-state index contributed by atoms with van der Waals surface area (Å²) in [5.74, 6) is -0.322. The first-order chi connectivity index (χ1) is 7.56. The molecule has 0 aliphatic heterocycles. The van der Waals surface area contributed by atoms with E-state index in [0.717, 1.165) is 5.56 Å². The standard InChI is InChI=1S/C10H10FN5/c1-5-2-3-6(7(11)4-5)8-14-9(12)16-10(13)15-8/h2-4H,1H3,(H4,12,13,14,15,16). The van der Waals surface area contributed by atoms with E-state index < -0.39 is 5.82 Å². The molecule has 0 bridgehead atoms. The average Bonchev–Trinajstić information content (AvgIpc) is 2.15. The van der Waals surface area contributed by atoms with E-state index in [2.05, 4.69) is 15.0 Å². The first-order valence-corrected chi connectivity index (χ1v) is 4.60. The Hall–Kier alpha value is -2.24. The number of aryl methyl sites for hydroxylation is 1. The molecule has 16 heavy (non-hydrogen) atoms. The summed E-state index contributed by atoms with van der Waals surface area (Å²) in [5.41, 5.74) is 11.9. The van der Waals surface area contributed by atoms with Crippen LogP contribution in [0.3, 0.4) is 0 Å². The number of rotatable bonds is 1. The molecule has 0 aliphatic rings. The smallest absolute Gasteiger partial charge is 0.225 e. The van der Waals surface area contributed by atoms with Crippen LogP contribution in [0.25, 0.3) is 11.4 Å².